The van der Waals surface area contributed by atoms with Gasteiger partial charge in [-0.1, -0.05) is 89.5 Å². The van der Waals surface area contributed by atoms with Gasteiger partial charge in [0.15, 0.2) is 0 Å². The molecule has 0 fully saturated rings. The fourth-order valence-electron chi connectivity index (χ4n) is 2.73. The van der Waals surface area contributed by atoms with E-state index in [2.05, 4.69) is 14.4 Å². The van der Waals surface area contributed by atoms with Crippen LogP contribution >= 0.6 is 9.69 Å². The molecule has 4 nitrogen and oxygen atoms in total. The first-order chi connectivity index (χ1) is 13.5. The summed E-state index contributed by atoms with van der Waals surface area (Å²) in [4.78, 5) is 0.143. The van der Waals surface area contributed by atoms with Crippen molar-refractivity contribution < 1.29 is 25.7 Å². The number of nitrogens with zero attached hydrogens (tertiary/aromatic N) is 1. The van der Waals surface area contributed by atoms with Gasteiger partial charge in [-0.2, -0.15) is 0 Å². The molecule has 3 aromatic rings. The van der Waals surface area contributed by atoms with Gasteiger partial charge in [-0.05, 0) is 19.1 Å². The van der Waals surface area contributed by atoms with Gasteiger partial charge < -0.3 is 17.9 Å². The van der Waals surface area contributed by atoms with Gasteiger partial charge in [-0.3, -0.25) is 0 Å². The van der Waals surface area contributed by atoms with E-state index in [1.807, 2.05) is 84.9 Å². The molecule has 0 heterocycles. The van der Waals surface area contributed by atoms with Crippen molar-refractivity contribution in [2.45, 2.75) is 23.9 Å². The summed E-state index contributed by atoms with van der Waals surface area (Å²) in [6, 6.07) is 23.3. The van der Waals surface area contributed by atoms with Crippen LogP contribution in [-0.4, -0.2) is 8.42 Å². The molecule has 29 heavy (non-hydrogen) atoms. The number of hydrogen-bond donors (Lipinski definition) is 0. The van der Waals surface area contributed by atoms with Gasteiger partial charge >= 0.3 is 27.0 Å². The third-order valence-corrected chi connectivity index (χ3v) is 5.56. The van der Waals surface area contributed by atoms with E-state index in [1.54, 1.807) is 24.3 Å². The Morgan fingerprint density at radius 1 is 0.828 bits per heavy atom. The van der Waals surface area contributed by atoms with E-state index in [0.29, 0.717) is 5.56 Å². The molecule has 0 unspecified atom stereocenters. The van der Waals surface area contributed by atoms with Crippen molar-refractivity contribution in [2.75, 3.05) is 0 Å². The van der Waals surface area contributed by atoms with Crippen molar-refractivity contribution in [1.29, 1.82) is 0 Å². The molecule has 0 saturated heterocycles. The summed E-state index contributed by atoms with van der Waals surface area (Å²) in [5.74, 6) is 0. The number of halogens is 1. The number of rotatable bonds is 6. The van der Waals surface area contributed by atoms with E-state index in [1.165, 1.54) is 0 Å². The van der Waals surface area contributed by atoms with E-state index in [4.69, 9.17) is 5.73 Å². The topological polar surface area (TPSA) is 72.0 Å². The molecule has 0 aliphatic rings. The predicted octanol–water partition coefficient (Wildman–Crippen LogP) is 6.73. The van der Waals surface area contributed by atoms with E-state index < -0.39 is 22.1 Å². The normalized spacial score (nSPS) is 12.7. The Morgan fingerprint density at radius 3 is 1.76 bits per heavy atom. The Morgan fingerprint density at radius 2 is 1.28 bits per heavy atom. The Labute approximate surface area is 188 Å². The molecule has 1 N–H and O–H groups in total. The minimum absolute atomic E-state index is 0. The molecule has 0 amide bonds. The number of nitrogens with one attached hydrogen (secondary N) is 1. The molecule has 7 heteroatoms. The van der Waals surface area contributed by atoms with Crippen LogP contribution in [0.1, 0.15) is 28.8 Å². The predicted molar refractivity (Wildman–Crippen MR) is 117 cm³/mol. The first-order valence-electron chi connectivity index (χ1n) is 8.45. The second-order valence-corrected chi connectivity index (χ2v) is 7.77. The Bertz CT molecular complexity index is 953. The summed E-state index contributed by atoms with van der Waals surface area (Å²) in [5, 5.41) is 0. The molecule has 0 aliphatic carbocycles. The van der Waals surface area contributed by atoms with E-state index >= 15 is 0 Å². The second-order valence-electron chi connectivity index (χ2n) is 6.14. The van der Waals surface area contributed by atoms with Gasteiger partial charge in [0.1, 0.15) is 10.0 Å². The number of hydrogen-bond acceptors (Lipinski definition) is 2. The van der Waals surface area contributed by atoms with E-state index in [9.17, 15) is 8.42 Å². The van der Waals surface area contributed by atoms with Gasteiger partial charge in [0.25, 0.3) is 0 Å². The summed E-state index contributed by atoms with van der Waals surface area (Å²) < 4.78 is 29.8. The summed E-state index contributed by atoms with van der Waals surface area (Å²) in [6.45, 7) is 1.90. The van der Waals surface area contributed by atoms with Crippen molar-refractivity contribution in [2.24, 2.45) is 0 Å². The van der Waals surface area contributed by atoms with Gasteiger partial charge in [-0.25, -0.2) is 8.42 Å². The van der Waals surface area contributed by atoms with E-state index in [-0.39, 0.29) is 12.3 Å². The molecule has 0 radical (unpaired) electrons. The van der Waals surface area contributed by atoms with Crippen LogP contribution < -0.4 is 0 Å². The molecular formula is C22H23ClN2O2RuS. The Balaban J connectivity index is 0.00000136. The third kappa shape index (κ3) is 7.02. The zero-order valence-electron chi connectivity index (χ0n) is 16.1. The monoisotopic (exact) mass is 516 g/mol. The fraction of sp³-hybridized carbons (Fsp3) is 0.136. The standard InChI is InChI=1S/C21H20N2O2S.CH3.ClH.Ru/c1-16-12-14-19(15-13-16)26(24,25)23-21(18-10-6-3-7-11-18)20(22)17-8-4-2-5-9-17;;;/h2-15,20-22H,1H3;1H3;1H;/q-2;-1;;+4/p-1/t20-,21-;;;/m0.../s1. The second kappa shape index (κ2) is 12.2. The minimum atomic E-state index is -3.87. The van der Waals surface area contributed by atoms with Crippen molar-refractivity contribution in [1.82, 2.24) is 0 Å². The van der Waals surface area contributed by atoms with Crippen molar-refractivity contribution in [3.63, 3.8) is 0 Å². The average Bonchev–Trinajstić information content (AvgIpc) is 2.74. The molecule has 154 valence electrons. The molecular weight excluding hydrogens is 493 g/mol. The van der Waals surface area contributed by atoms with Gasteiger partial charge in [-0.15, -0.1) is 12.1 Å². The Kier molecular flexibility index (Phi) is 10.7. The first kappa shape index (κ1) is 25.5. The molecule has 0 spiro atoms. The number of benzene rings is 3. The maximum atomic E-state index is 12.8. The van der Waals surface area contributed by atoms with Crippen molar-refractivity contribution >= 4 is 19.7 Å². The summed E-state index contributed by atoms with van der Waals surface area (Å²) in [5.41, 5.74) is 11.0. The van der Waals surface area contributed by atoms with Crippen LogP contribution in [-0.2, 0) is 27.3 Å². The zero-order chi connectivity index (χ0) is 20.6. The molecule has 0 aromatic heterocycles. The first-order valence-corrected chi connectivity index (χ1v) is 12.1. The van der Waals surface area contributed by atoms with Gasteiger partial charge in [0.2, 0.25) is 0 Å². The summed E-state index contributed by atoms with van der Waals surface area (Å²) in [7, 11) is 0.696. The summed E-state index contributed by atoms with van der Waals surface area (Å²) >= 11 is 1.82. The van der Waals surface area contributed by atoms with Gasteiger partial charge in [0, 0.05) is 4.90 Å². The van der Waals surface area contributed by atoms with Crippen LogP contribution in [0.5, 0.6) is 0 Å². The molecule has 2 atom stereocenters. The Hall–Kier alpha value is -1.56. The van der Waals surface area contributed by atoms with Crippen LogP contribution in [0.2, 0.25) is 0 Å². The SMILES string of the molecule is Cc1ccc(S(=O)(=O)[N-][C@@H](c2ccccc2)[C@@H]([NH-])c2ccccc2)cc1.[CH3-].[Cl][Ru+3]. The van der Waals surface area contributed by atoms with Crippen LogP contribution in [0.25, 0.3) is 10.5 Å². The van der Waals surface area contributed by atoms with Crippen molar-refractivity contribution in [3.05, 3.63) is 120 Å². The summed E-state index contributed by atoms with van der Waals surface area (Å²) in [6.07, 6.45) is 0. The fourth-order valence-corrected chi connectivity index (χ4v) is 3.87. The van der Waals surface area contributed by atoms with Crippen LogP contribution in [0.3, 0.4) is 0 Å². The maximum absolute atomic E-state index is 12.8. The van der Waals surface area contributed by atoms with E-state index in [0.717, 1.165) is 11.1 Å². The molecule has 0 bridgehead atoms. The molecule has 3 rings (SSSR count). The molecule has 3 aromatic carbocycles. The third-order valence-electron chi connectivity index (χ3n) is 4.19. The zero-order valence-corrected chi connectivity index (χ0v) is 19.5. The quantitative estimate of drug-likeness (QED) is 0.270. The van der Waals surface area contributed by atoms with Crippen LogP contribution in [0.4, 0.5) is 0 Å². The van der Waals surface area contributed by atoms with Crippen LogP contribution in [0, 0.1) is 14.4 Å². The number of aryl methyl sites for hydroxylation is 1. The molecule has 0 aliphatic heterocycles. The molecule has 0 saturated carbocycles. The average molecular weight is 516 g/mol. The number of sulfonamides is 1. The van der Waals surface area contributed by atoms with Crippen LogP contribution in [0.15, 0.2) is 89.8 Å². The van der Waals surface area contributed by atoms with Crippen molar-refractivity contribution in [3.8, 4) is 0 Å². The van der Waals surface area contributed by atoms with Gasteiger partial charge in [0.05, 0.1) is 0 Å².